The normalized spacial score (nSPS) is 14.2. The van der Waals surface area contributed by atoms with E-state index < -0.39 is 7.60 Å². The molecule has 0 radical (unpaired) electrons. The Labute approximate surface area is 115 Å². The Hall–Kier alpha value is -1.69. The molecule has 0 aliphatic rings. The molecular formula is C12H16N3O4P. The molecule has 0 aliphatic heterocycles. The van der Waals surface area contributed by atoms with E-state index in [0.717, 1.165) is 5.56 Å². The van der Waals surface area contributed by atoms with Gasteiger partial charge >= 0.3 is 13.3 Å². The van der Waals surface area contributed by atoms with Crippen molar-refractivity contribution in [2.24, 2.45) is 0 Å². The maximum absolute atomic E-state index is 11.8. The minimum Gasteiger partial charge on any atom is -0.324 e. The third-order valence-corrected chi connectivity index (χ3v) is 4.38. The number of aromatic amines is 1. The lowest BCUT2D eigenvalue weighted by Crippen LogP contribution is -2.17. The van der Waals surface area contributed by atoms with Crippen LogP contribution in [-0.2, 0) is 15.5 Å². The summed E-state index contributed by atoms with van der Waals surface area (Å²) in [5.41, 5.74) is 1.10. The maximum atomic E-state index is 11.8. The number of aromatic nitrogens is 3. The minimum atomic E-state index is -3.57. The zero-order valence-corrected chi connectivity index (χ0v) is 12.1. The molecule has 0 amide bonds. The van der Waals surface area contributed by atoms with Gasteiger partial charge in [-0.05, 0) is 25.0 Å². The number of aryl methyl sites for hydroxylation is 2. The first-order chi connectivity index (χ1) is 9.44. The van der Waals surface area contributed by atoms with E-state index in [1.807, 2.05) is 12.1 Å². The molecular weight excluding hydrogens is 281 g/mol. The SMILES string of the molecule is COP(=O)(O)CCc1ccccc1-n1c(C)n[nH]c1=O. The third-order valence-electron chi connectivity index (χ3n) is 3.02. The summed E-state index contributed by atoms with van der Waals surface area (Å²) in [4.78, 5) is 21.2. The van der Waals surface area contributed by atoms with Crippen LogP contribution in [0.15, 0.2) is 29.1 Å². The highest BCUT2D eigenvalue weighted by Gasteiger charge is 2.18. The average Bonchev–Trinajstić information content (AvgIpc) is 2.76. The molecule has 0 saturated carbocycles. The lowest BCUT2D eigenvalue weighted by Gasteiger charge is -2.12. The molecule has 1 aromatic carbocycles. The van der Waals surface area contributed by atoms with Crippen LogP contribution in [0.25, 0.3) is 5.69 Å². The monoisotopic (exact) mass is 297 g/mol. The van der Waals surface area contributed by atoms with Crippen molar-refractivity contribution >= 4 is 7.60 Å². The van der Waals surface area contributed by atoms with Gasteiger partial charge in [0.05, 0.1) is 11.8 Å². The fourth-order valence-corrected chi connectivity index (χ4v) is 2.66. The first-order valence-corrected chi connectivity index (χ1v) is 7.81. The Balaban J connectivity index is 2.37. The van der Waals surface area contributed by atoms with E-state index in [9.17, 15) is 14.3 Å². The van der Waals surface area contributed by atoms with Gasteiger partial charge in [0.25, 0.3) is 0 Å². The molecule has 0 bridgehead atoms. The Morgan fingerprint density at radius 1 is 1.45 bits per heavy atom. The fourth-order valence-electron chi connectivity index (χ4n) is 1.95. The highest BCUT2D eigenvalue weighted by Crippen LogP contribution is 2.41. The predicted molar refractivity (Wildman–Crippen MR) is 74.3 cm³/mol. The summed E-state index contributed by atoms with van der Waals surface area (Å²) < 4.78 is 17.5. The first kappa shape index (κ1) is 14.7. The molecule has 1 aromatic heterocycles. The van der Waals surface area contributed by atoms with Gasteiger partial charge in [0.15, 0.2) is 0 Å². The van der Waals surface area contributed by atoms with Crippen LogP contribution in [0.2, 0.25) is 0 Å². The topological polar surface area (TPSA) is 97.2 Å². The van der Waals surface area contributed by atoms with Crippen LogP contribution in [0.3, 0.4) is 0 Å². The number of H-pyrrole nitrogens is 1. The Bertz CT molecular complexity index is 707. The number of hydrogen-bond acceptors (Lipinski definition) is 4. The van der Waals surface area contributed by atoms with Gasteiger partial charge in [-0.25, -0.2) is 14.5 Å². The molecule has 20 heavy (non-hydrogen) atoms. The van der Waals surface area contributed by atoms with E-state index in [1.54, 1.807) is 19.1 Å². The van der Waals surface area contributed by atoms with Crippen LogP contribution >= 0.6 is 7.60 Å². The highest BCUT2D eigenvalue weighted by molar-refractivity contribution is 7.52. The van der Waals surface area contributed by atoms with Gasteiger partial charge in [0.2, 0.25) is 0 Å². The number of hydrogen-bond donors (Lipinski definition) is 2. The molecule has 2 rings (SSSR count). The van der Waals surface area contributed by atoms with Crippen molar-refractivity contribution in [2.45, 2.75) is 13.3 Å². The van der Waals surface area contributed by atoms with E-state index >= 15 is 0 Å². The number of rotatable bonds is 5. The van der Waals surface area contributed by atoms with Gasteiger partial charge in [-0.2, -0.15) is 5.10 Å². The quantitative estimate of drug-likeness (QED) is 0.809. The van der Waals surface area contributed by atoms with Crippen LogP contribution < -0.4 is 5.69 Å². The Morgan fingerprint density at radius 3 is 2.75 bits per heavy atom. The lowest BCUT2D eigenvalue weighted by atomic mass is 10.1. The van der Waals surface area contributed by atoms with Crippen molar-refractivity contribution in [3.8, 4) is 5.69 Å². The molecule has 0 fully saturated rings. The molecule has 0 aliphatic carbocycles. The largest absolute Gasteiger partial charge is 0.347 e. The molecule has 108 valence electrons. The zero-order valence-electron chi connectivity index (χ0n) is 11.2. The van der Waals surface area contributed by atoms with Crippen LogP contribution in [0.5, 0.6) is 0 Å². The lowest BCUT2D eigenvalue weighted by molar-refractivity contribution is 0.316. The summed E-state index contributed by atoms with van der Waals surface area (Å²) in [5.74, 6) is 0.529. The van der Waals surface area contributed by atoms with E-state index in [0.29, 0.717) is 17.9 Å². The summed E-state index contributed by atoms with van der Waals surface area (Å²) in [6, 6.07) is 7.19. The van der Waals surface area contributed by atoms with Gasteiger partial charge in [-0.1, -0.05) is 18.2 Å². The fraction of sp³-hybridized carbons (Fsp3) is 0.333. The average molecular weight is 297 g/mol. The van der Waals surface area contributed by atoms with Crippen LogP contribution in [0, 0.1) is 6.92 Å². The van der Waals surface area contributed by atoms with Crippen molar-refractivity contribution < 1.29 is 14.0 Å². The van der Waals surface area contributed by atoms with Crippen molar-refractivity contribution in [3.63, 3.8) is 0 Å². The maximum Gasteiger partial charge on any atom is 0.347 e. The van der Waals surface area contributed by atoms with Crippen LogP contribution in [0.1, 0.15) is 11.4 Å². The zero-order chi connectivity index (χ0) is 14.8. The number of benzene rings is 1. The van der Waals surface area contributed by atoms with Gasteiger partial charge < -0.3 is 9.42 Å². The van der Waals surface area contributed by atoms with E-state index in [-0.39, 0.29) is 11.9 Å². The third kappa shape index (κ3) is 3.07. The van der Waals surface area contributed by atoms with Gasteiger partial charge in [-0.3, -0.25) is 4.57 Å². The van der Waals surface area contributed by atoms with Gasteiger partial charge in [0, 0.05) is 7.11 Å². The number of nitrogens with zero attached hydrogens (tertiary/aromatic N) is 2. The molecule has 2 N–H and O–H groups in total. The predicted octanol–water partition coefficient (Wildman–Crippen LogP) is 1.24. The second-order valence-corrected chi connectivity index (χ2v) is 6.42. The molecule has 0 spiro atoms. The molecule has 1 heterocycles. The second-order valence-electron chi connectivity index (χ2n) is 4.33. The summed E-state index contributed by atoms with van der Waals surface area (Å²) in [7, 11) is -2.36. The summed E-state index contributed by atoms with van der Waals surface area (Å²) in [6.07, 6.45) is 0.320. The van der Waals surface area contributed by atoms with Gasteiger partial charge in [-0.15, -0.1) is 0 Å². The van der Waals surface area contributed by atoms with Crippen molar-refractivity contribution in [2.75, 3.05) is 13.3 Å². The minimum absolute atomic E-state index is 0.00777. The van der Waals surface area contributed by atoms with Crippen molar-refractivity contribution in [3.05, 3.63) is 46.1 Å². The molecule has 7 nitrogen and oxygen atoms in total. The van der Waals surface area contributed by atoms with E-state index in [4.69, 9.17) is 0 Å². The Morgan fingerprint density at radius 2 is 2.15 bits per heavy atom. The number of nitrogens with one attached hydrogen (secondary N) is 1. The summed E-state index contributed by atoms with van der Waals surface area (Å²) in [5, 5.41) is 6.23. The first-order valence-electron chi connectivity index (χ1n) is 6.04. The van der Waals surface area contributed by atoms with Crippen LogP contribution in [0.4, 0.5) is 0 Å². The van der Waals surface area contributed by atoms with Crippen molar-refractivity contribution in [1.82, 2.24) is 14.8 Å². The molecule has 0 saturated heterocycles. The second kappa shape index (κ2) is 5.75. The summed E-state index contributed by atoms with van der Waals surface area (Å²) >= 11 is 0. The smallest absolute Gasteiger partial charge is 0.324 e. The highest BCUT2D eigenvalue weighted by atomic mass is 31.2. The van der Waals surface area contributed by atoms with Gasteiger partial charge in [0.1, 0.15) is 5.82 Å². The molecule has 2 aromatic rings. The standard InChI is InChI=1S/C12H16N3O4P/c1-9-13-14-12(16)15(9)11-6-4-3-5-10(11)7-8-20(17,18)19-2/h3-6H,7-8H2,1-2H3,(H,14,16)(H,17,18). The Kier molecular flexibility index (Phi) is 4.23. The summed E-state index contributed by atoms with van der Waals surface area (Å²) in [6.45, 7) is 1.71. The number of para-hydroxylation sites is 1. The van der Waals surface area contributed by atoms with Crippen LogP contribution in [-0.4, -0.2) is 32.9 Å². The molecule has 8 heteroatoms. The van der Waals surface area contributed by atoms with Crippen molar-refractivity contribution in [1.29, 1.82) is 0 Å². The molecule has 1 atom stereocenters. The van der Waals surface area contributed by atoms with E-state index in [1.165, 1.54) is 11.7 Å². The molecule has 1 unspecified atom stereocenters. The van der Waals surface area contributed by atoms with E-state index in [2.05, 4.69) is 14.7 Å².